The first-order chi connectivity index (χ1) is 11.5. The summed E-state index contributed by atoms with van der Waals surface area (Å²) in [5.41, 5.74) is -0.343. The lowest BCUT2D eigenvalue weighted by Crippen LogP contribution is -2.63. The van der Waals surface area contributed by atoms with Gasteiger partial charge in [0, 0.05) is 6.54 Å². The Morgan fingerprint density at radius 1 is 1.08 bits per heavy atom. The minimum absolute atomic E-state index is 0.0332. The average Bonchev–Trinajstić information content (AvgIpc) is 2.85. The van der Waals surface area contributed by atoms with Crippen LogP contribution in [0, 0.1) is 17.3 Å². The minimum Gasteiger partial charge on any atom is -0.335 e. The highest BCUT2D eigenvalue weighted by atomic mass is 16.2. The molecule has 3 amide bonds. The molecule has 2 bridgehead atoms. The minimum atomic E-state index is -0.926. The van der Waals surface area contributed by atoms with Gasteiger partial charge in [0.15, 0.2) is 0 Å². The van der Waals surface area contributed by atoms with Crippen LogP contribution in [0.25, 0.3) is 0 Å². The van der Waals surface area contributed by atoms with Crippen LogP contribution in [-0.2, 0) is 14.4 Å². The number of nitrogens with zero attached hydrogens (tertiary/aromatic N) is 2. The Morgan fingerprint density at radius 2 is 1.79 bits per heavy atom. The Morgan fingerprint density at radius 3 is 2.46 bits per heavy atom. The van der Waals surface area contributed by atoms with Crippen LogP contribution in [0.4, 0.5) is 5.69 Å². The smallest absolute Gasteiger partial charge is 0.240 e. The predicted molar refractivity (Wildman–Crippen MR) is 89.0 cm³/mol. The number of anilines is 1. The SMILES string of the molecule is CCCN1C(=O)[C@]2(C)C=C[C@H]1[C@H]1C(=O)N(c3ccccc3)C(=O)[C@H]12. The first-order valence-electron chi connectivity index (χ1n) is 8.44. The van der Waals surface area contributed by atoms with Gasteiger partial charge in [0.1, 0.15) is 0 Å². The van der Waals surface area contributed by atoms with E-state index >= 15 is 0 Å². The largest absolute Gasteiger partial charge is 0.335 e. The molecule has 5 rings (SSSR count). The van der Waals surface area contributed by atoms with E-state index in [-0.39, 0.29) is 23.8 Å². The first kappa shape index (κ1) is 15.1. The van der Waals surface area contributed by atoms with Crippen LogP contribution in [0.5, 0.6) is 0 Å². The van der Waals surface area contributed by atoms with Gasteiger partial charge in [-0.15, -0.1) is 0 Å². The molecule has 1 aliphatic carbocycles. The van der Waals surface area contributed by atoms with Gasteiger partial charge in [0.25, 0.3) is 0 Å². The number of hydrogen-bond donors (Lipinski definition) is 0. The van der Waals surface area contributed by atoms with Gasteiger partial charge in [-0.1, -0.05) is 37.3 Å². The zero-order chi connectivity index (χ0) is 17.1. The summed E-state index contributed by atoms with van der Waals surface area (Å²) in [6.07, 6.45) is 4.61. The van der Waals surface area contributed by atoms with Gasteiger partial charge in [-0.3, -0.25) is 14.4 Å². The second-order valence-electron chi connectivity index (χ2n) is 6.98. The number of benzene rings is 1. The number of piperidine rings is 1. The van der Waals surface area contributed by atoms with Gasteiger partial charge in [-0.25, -0.2) is 4.90 Å². The molecule has 2 saturated heterocycles. The standard InChI is InChI=1S/C19H20N2O3/c1-3-11-20-13-9-10-19(2,18(20)24)15-14(13)16(22)21(17(15)23)12-7-5-4-6-8-12/h4-10,13-15H,3,11H2,1-2H3/t13-,14+,15-,19+/m0/s1. The van der Waals surface area contributed by atoms with Crippen molar-refractivity contribution in [2.75, 3.05) is 11.4 Å². The summed E-state index contributed by atoms with van der Waals surface area (Å²) in [6, 6.07) is 8.67. The average molecular weight is 324 g/mol. The summed E-state index contributed by atoms with van der Waals surface area (Å²) >= 11 is 0. The summed E-state index contributed by atoms with van der Waals surface area (Å²) in [5.74, 6) is -1.55. The molecule has 5 nitrogen and oxygen atoms in total. The molecule has 1 aromatic carbocycles. The maximum atomic E-state index is 13.1. The number of amides is 3. The first-order valence-corrected chi connectivity index (χ1v) is 8.44. The monoisotopic (exact) mass is 324 g/mol. The second-order valence-corrected chi connectivity index (χ2v) is 6.98. The van der Waals surface area contributed by atoms with Crippen molar-refractivity contribution in [3.63, 3.8) is 0 Å². The Labute approximate surface area is 140 Å². The van der Waals surface area contributed by atoms with Crippen molar-refractivity contribution in [1.82, 2.24) is 4.90 Å². The maximum Gasteiger partial charge on any atom is 0.240 e. The number of carbonyl (C=O) groups is 3. The van der Waals surface area contributed by atoms with E-state index < -0.39 is 17.3 Å². The van der Waals surface area contributed by atoms with Crippen molar-refractivity contribution >= 4 is 23.4 Å². The zero-order valence-electron chi connectivity index (χ0n) is 13.8. The lowest BCUT2D eigenvalue weighted by Gasteiger charge is -2.51. The molecule has 124 valence electrons. The quantitative estimate of drug-likeness (QED) is 0.631. The van der Waals surface area contributed by atoms with E-state index in [0.717, 1.165) is 6.42 Å². The lowest BCUT2D eigenvalue weighted by atomic mass is 9.61. The predicted octanol–water partition coefficient (Wildman–Crippen LogP) is 1.99. The number of fused-ring (bicyclic) bond motifs is 1. The molecule has 0 saturated carbocycles. The third-order valence-electron chi connectivity index (χ3n) is 5.57. The summed E-state index contributed by atoms with van der Waals surface area (Å²) in [7, 11) is 0. The van der Waals surface area contributed by atoms with E-state index in [1.165, 1.54) is 4.90 Å². The van der Waals surface area contributed by atoms with Crippen LogP contribution < -0.4 is 4.90 Å². The molecule has 24 heavy (non-hydrogen) atoms. The summed E-state index contributed by atoms with van der Waals surface area (Å²) in [5, 5.41) is 0. The Bertz CT molecular complexity index is 757. The lowest BCUT2D eigenvalue weighted by molar-refractivity contribution is -0.159. The van der Waals surface area contributed by atoms with E-state index in [1.54, 1.807) is 36.1 Å². The normalized spacial score (nSPS) is 34.2. The van der Waals surface area contributed by atoms with Crippen LogP contribution in [0.15, 0.2) is 42.5 Å². The molecule has 3 heterocycles. The molecule has 0 spiro atoms. The summed E-state index contributed by atoms with van der Waals surface area (Å²) in [4.78, 5) is 42.1. The molecular weight excluding hydrogens is 304 g/mol. The number of rotatable bonds is 3. The van der Waals surface area contributed by atoms with E-state index in [0.29, 0.717) is 12.2 Å². The fourth-order valence-corrected chi connectivity index (χ4v) is 4.46. The number of imide groups is 1. The van der Waals surface area contributed by atoms with Crippen molar-refractivity contribution in [1.29, 1.82) is 0 Å². The zero-order valence-corrected chi connectivity index (χ0v) is 13.8. The molecule has 2 fully saturated rings. The molecule has 0 radical (unpaired) electrons. The topological polar surface area (TPSA) is 57.7 Å². The summed E-state index contributed by atoms with van der Waals surface area (Å²) in [6.45, 7) is 4.41. The molecule has 3 aliphatic heterocycles. The van der Waals surface area contributed by atoms with Crippen molar-refractivity contribution in [3.8, 4) is 0 Å². The number of carbonyl (C=O) groups excluding carboxylic acids is 3. The van der Waals surface area contributed by atoms with Crippen molar-refractivity contribution in [2.24, 2.45) is 17.3 Å². The Hall–Kier alpha value is -2.43. The van der Waals surface area contributed by atoms with Crippen LogP contribution in [0.3, 0.4) is 0 Å². The molecule has 4 atom stereocenters. The molecule has 0 unspecified atom stereocenters. The van der Waals surface area contributed by atoms with E-state index in [9.17, 15) is 14.4 Å². The van der Waals surface area contributed by atoms with Crippen LogP contribution in [0.1, 0.15) is 20.3 Å². The molecule has 0 N–H and O–H groups in total. The molecular formula is C19H20N2O3. The number of hydrogen-bond acceptors (Lipinski definition) is 3. The number of para-hydroxylation sites is 1. The maximum absolute atomic E-state index is 13.1. The van der Waals surface area contributed by atoms with Gasteiger partial charge in [-0.05, 0) is 25.5 Å². The third-order valence-corrected chi connectivity index (χ3v) is 5.57. The highest BCUT2D eigenvalue weighted by molar-refractivity contribution is 6.24. The van der Waals surface area contributed by atoms with Crippen molar-refractivity contribution in [2.45, 2.75) is 26.3 Å². The highest BCUT2D eigenvalue weighted by Gasteiger charge is 2.66. The van der Waals surface area contributed by atoms with Crippen LogP contribution >= 0.6 is 0 Å². The fourth-order valence-electron chi connectivity index (χ4n) is 4.46. The van der Waals surface area contributed by atoms with Gasteiger partial charge >= 0.3 is 0 Å². The van der Waals surface area contributed by atoms with Gasteiger partial charge in [0.05, 0.1) is 29.0 Å². The molecule has 1 aromatic rings. The highest BCUT2D eigenvalue weighted by Crippen LogP contribution is 2.53. The molecule has 0 aromatic heterocycles. The Kier molecular flexibility index (Phi) is 3.17. The van der Waals surface area contributed by atoms with E-state index in [1.807, 2.05) is 25.1 Å². The van der Waals surface area contributed by atoms with Gasteiger partial charge in [-0.2, -0.15) is 0 Å². The van der Waals surface area contributed by atoms with Crippen LogP contribution in [0.2, 0.25) is 0 Å². The van der Waals surface area contributed by atoms with Crippen molar-refractivity contribution in [3.05, 3.63) is 42.5 Å². The van der Waals surface area contributed by atoms with Crippen LogP contribution in [-0.4, -0.2) is 35.2 Å². The fraction of sp³-hybridized carbons (Fsp3) is 0.421. The summed E-state index contributed by atoms with van der Waals surface area (Å²) < 4.78 is 0. The molecule has 4 aliphatic rings. The van der Waals surface area contributed by atoms with E-state index in [2.05, 4.69) is 0 Å². The van der Waals surface area contributed by atoms with Crippen molar-refractivity contribution < 1.29 is 14.4 Å². The van der Waals surface area contributed by atoms with E-state index in [4.69, 9.17) is 0 Å². The Balaban J connectivity index is 1.81. The second kappa shape index (κ2) is 5.03. The van der Waals surface area contributed by atoms with Gasteiger partial charge in [0.2, 0.25) is 17.7 Å². The third kappa shape index (κ3) is 1.72. The molecule has 5 heteroatoms. The van der Waals surface area contributed by atoms with Gasteiger partial charge < -0.3 is 4.90 Å².